The molecular weight excluding hydrogens is 550 g/mol. The summed E-state index contributed by atoms with van der Waals surface area (Å²) in [4.78, 5) is 11.8. The maximum Gasteiger partial charge on any atom is 0.323 e. The smallest absolute Gasteiger partial charge is 0.323 e. The SMILES string of the molecule is O=C(O)Cn1c2cc(C#CC3OC(CO)CC(O)C3O)ccc2c2ccc(C#CC3OC(CO)[C@@H](O)C(O)C3O)cc21. The van der Waals surface area contributed by atoms with Gasteiger partial charge >= 0.3 is 5.97 Å². The van der Waals surface area contributed by atoms with Crippen LogP contribution in [0.3, 0.4) is 0 Å². The maximum atomic E-state index is 11.8. The van der Waals surface area contributed by atoms with E-state index in [0.717, 1.165) is 10.8 Å². The number of carboxylic acid groups (broad SMARTS) is 1. The minimum absolute atomic E-state index is 0.0893. The summed E-state index contributed by atoms with van der Waals surface area (Å²) in [6, 6.07) is 10.4. The summed E-state index contributed by atoms with van der Waals surface area (Å²) in [6.07, 6.45) is -10.7. The lowest BCUT2D eigenvalue weighted by Crippen LogP contribution is -2.58. The van der Waals surface area contributed by atoms with Gasteiger partial charge in [-0.2, -0.15) is 0 Å². The first-order valence-electron chi connectivity index (χ1n) is 13.3. The lowest BCUT2D eigenvalue weighted by Gasteiger charge is -2.37. The third kappa shape index (κ3) is 5.86. The van der Waals surface area contributed by atoms with Crippen LogP contribution in [0.5, 0.6) is 0 Å². The fourth-order valence-corrected chi connectivity index (χ4v) is 5.28. The van der Waals surface area contributed by atoms with Gasteiger partial charge in [0.1, 0.15) is 49.3 Å². The van der Waals surface area contributed by atoms with E-state index < -0.39 is 67.5 Å². The molecule has 0 bridgehead atoms. The van der Waals surface area contributed by atoms with Crippen molar-refractivity contribution in [2.24, 2.45) is 0 Å². The third-order valence-corrected chi connectivity index (χ3v) is 7.52. The molecule has 8 unspecified atom stereocenters. The van der Waals surface area contributed by atoms with Crippen molar-refractivity contribution in [3.8, 4) is 23.7 Å². The van der Waals surface area contributed by atoms with Crippen LogP contribution in [-0.2, 0) is 20.8 Å². The Morgan fingerprint density at radius 1 is 0.786 bits per heavy atom. The van der Waals surface area contributed by atoms with Crippen molar-refractivity contribution in [2.75, 3.05) is 13.2 Å². The second-order valence-electron chi connectivity index (χ2n) is 10.4. The van der Waals surface area contributed by atoms with Gasteiger partial charge in [-0.3, -0.25) is 4.79 Å². The van der Waals surface area contributed by atoms with Crippen molar-refractivity contribution in [1.82, 2.24) is 4.57 Å². The summed E-state index contributed by atoms with van der Waals surface area (Å²) in [5.41, 5.74) is 2.13. The van der Waals surface area contributed by atoms with Gasteiger partial charge in [0.2, 0.25) is 0 Å². The number of fused-ring (bicyclic) bond motifs is 3. The van der Waals surface area contributed by atoms with Gasteiger partial charge in [0.25, 0.3) is 0 Å². The van der Waals surface area contributed by atoms with E-state index in [2.05, 4.69) is 23.7 Å². The van der Waals surface area contributed by atoms with Crippen molar-refractivity contribution in [3.05, 3.63) is 47.5 Å². The average Bonchev–Trinajstić information content (AvgIpc) is 3.27. The molecule has 1 aromatic heterocycles. The topological polar surface area (TPSA) is 202 Å². The number of carbonyl (C=O) groups is 1. The van der Waals surface area contributed by atoms with Gasteiger partial charge in [-0.25, -0.2) is 0 Å². The summed E-state index contributed by atoms with van der Waals surface area (Å²) >= 11 is 0. The van der Waals surface area contributed by atoms with Crippen LogP contribution in [0, 0.1) is 23.7 Å². The van der Waals surface area contributed by atoms with E-state index in [0.29, 0.717) is 22.2 Å². The molecule has 3 heterocycles. The van der Waals surface area contributed by atoms with Gasteiger partial charge in [0.05, 0.1) is 36.5 Å². The third-order valence-electron chi connectivity index (χ3n) is 7.52. The van der Waals surface area contributed by atoms with Crippen LogP contribution in [0.1, 0.15) is 17.5 Å². The van der Waals surface area contributed by atoms with Gasteiger partial charge in [0, 0.05) is 28.3 Å². The molecule has 0 spiro atoms. The number of hydrogen-bond donors (Lipinski definition) is 8. The second kappa shape index (κ2) is 12.4. The molecule has 9 atom stereocenters. The number of nitrogens with zero attached hydrogens (tertiary/aromatic N) is 1. The van der Waals surface area contributed by atoms with Crippen LogP contribution in [0.15, 0.2) is 36.4 Å². The number of aliphatic carboxylic acids is 1. The summed E-state index contributed by atoms with van der Waals surface area (Å²) in [7, 11) is 0. The molecule has 5 rings (SSSR count). The van der Waals surface area contributed by atoms with Gasteiger partial charge in [0.15, 0.2) is 0 Å². The minimum atomic E-state index is -1.55. The Balaban J connectivity index is 1.50. The molecule has 0 aliphatic carbocycles. The second-order valence-corrected chi connectivity index (χ2v) is 10.4. The van der Waals surface area contributed by atoms with Gasteiger partial charge < -0.3 is 54.9 Å². The van der Waals surface area contributed by atoms with Crippen LogP contribution >= 0.6 is 0 Å². The van der Waals surface area contributed by atoms with E-state index >= 15 is 0 Å². The number of hydrogen-bond acceptors (Lipinski definition) is 10. The maximum absolute atomic E-state index is 11.8. The van der Waals surface area contributed by atoms with E-state index in [1.165, 1.54) is 0 Å². The molecule has 2 saturated heterocycles. The Hall–Kier alpha value is -3.53. The van der Waals surface area contributed by atoms with Crippen LogP contribution in [0.25, 0.3) is 21.8 Å². The molecule has 2 fully saturated rings. The highest BCUT2D eigenvalue weighted by Gasteiger charge is 2.42. The molecule has 2 aromatic carbocycles. The monoisotopic (exact) mass is 581 g/mol. The Kier molecular flexibility index (Phi) is 8.82. The fourth-order valence-electron chi connectivity index (χ4n) is 5.28. The van der Waals surface area contributed by atoms with E-state index in [9.17, 15) is 45.6 Å². The first-order valence-corrected chi connectivity index (χ1v) is 13.3. The molecular formula is C30H31NO11. The molecule has 42 heavy (non-hydrogen) atoms. The number of carboxylic acids is 1. The lowest BCUT2D eigenvalue weighted by atomic mass is 9.95. The first kappa shape index (κ1) is 29.9. The highest BCUT2D eigenvalue weighted by Crippen LogP contribution is 2.31. The Morgan fingerprint density at radius 3 is 1.88 bits per heavy atom. The molecule has 0 amide bonds. The number of rotatable bonds is 4. The van der Waals surface area contributed by atoms with Crippen LogP contribution in [-0.4, -0.2) is 120 Å². The fraction of sp³-hybridized carbons (Fsp3) is 0.433. The van der Waals surface area contributed by atoms with E-state index in [4.69, 9.17) is 9.47 Å². The highest BCUT2D eigenvalue weighted by molar-refractivity contribution is 6.09. The lowest BCUT2D eigenvalue weighted by molar-refractivity contribution is -0.214. The minimum Gasteiger partial charge on any atom is -0.480 e. The first-order chi connectivity index (χ1) is 20.1. The van der Waals surface area contributed by atoms with E-state index in [1.807, 2.05) is 0 Å². The summed E-state index contributed by atoms with van der Waals surface area (Å²) in [6.45, 7) is -1.26. The Labute approximate surface area is 240 Å². The Bertz CT molecular complexity index is 1590. The van der Waals surface area contributed by atoms with Crippen molar-refractivity contribution in [1.29, 1.82) is 0 Å². The zero-order chi connectivity index (χ0) is 30.1. The van der Waals surface area contributed by atoms with Gasteiger partial charge in [-0.15, -0.1) is 0 Å². The van der Waals surface area contributed by atoms with Crippen molar-refractivity contribution >= 4 is 27.8 Å². The molecule has 12 nitrogen and oxygen atoms in total. The van der Waals surface area contributed by atoms with Crippen LogP contribution < -0.4 is 0 Å². The van der Waals surface area contributed by atoms with Crippen molar-refractivity contribution in [2.45, 2.75) is 67.9 Å². The number of benzene rings is 2. The predicted octanol–water partition coefficient (Wildman–Crippen LogP) is -1.70. The molecule has 2 aliphatic heterocycles. The number of ether oxygens (including phenoxy) is 2. The highest BCUT2D eigenvalue weighted by atomic mass is 16.5. The summed E-state index contributed by atoms with van der Waals surface area (Å²) in [5, 5.41) is 80.5. The molecule has 0 saturated carbocycles. The zero-order valence-corrected chi connectivity index (χ0v) is 22.2. The molecule has 2 aliphatic rings. The van der Waals surface area contributed by atoms with Crippen molar-refractivity contribution in [3.63, 3.8) is 0 Å². The van der Waals surface area contributed by atoms with Gasteiger partial charge in [-0.1, -0.05) is 35.8 Å². The quantitative estimate of drug-likeness (QED) is 0.163. The van der Waals surface area contributed by atoms with Crippen LogP contribution in [0.2, 0.25) is 0 Å². The molecule has 3 aromatic rings. The number of aliphatic hydroxyl groups is 7. The average molecular weight is 582 g/mol. The number of aliphatic hydroxyl groups excluding tert-OH is 7. The summed E-state index contributed by atoms with van der Waals surface area (Å²) < 4.78 is 12.6. The van der Waals surface area contributed by atoms with E-state index in [1.54, 1.807) is 41.0 Å². The van der Waals surface area contributed by atoms with Crippen LogP contribution in [0.4, 0.5) is 0 Å². The normalized spacial score (nSPS) is 31.3. The molecule has 0 radical (unpaired) electrons. The molecule has 222 valence electrons. The Morgan fingerprint density at radius 2 is 1.36 bits per heavy atom. The largest absolute Gasteiger partial charge is 0.480 e. The predicted molar refractivity (Wildman–Crippen MR) is 147 cm³/mol. The van der Waals surface area contributed by atoms with Gasteiger partial charge in [-0.05, 0) is 24.3 Å². The number of aromatic nitrogens is 1. The van der Waals surface area contributed by atoms with E-state index in [-0.39, 0.29) is 19.6 Å². The zero-order valence-electron chi connectivity index (χ0n) is 22.2. The van der Waals surface area contributed by atoms with Crippen molar-refractivity contribution < 1.29 is 55.1 Å². The standard InChI is InChI=1S/C30H31NO11/c32-13-17-11-22(34)27(37)23(41-17)7-3-15-1-5-18-19-6-2-16(10-21(19)31(12-26(35)36)20(18)9-15)4-8-24-28(38)30(40)29(39)25(14-33)42-24/h1-2,5-6,9-10,17,22-25,27-30,32-34,37-40H,11-14H2,(H,35,36)/t17?,22?,23?,24?,25?,27?,28?,29-,30?/m1/s1. The summed E-state index contributed by atoms with van der Waals surface area (Å²) in [5.74, 6) is 10.2. The molecule has 8 N–H and O–H groups in total. The molecule has 12 heteroatoms.